The molecule has 2 aliphatic heterocycles. The Hall–Kier alpha value is -0.830. The molecule has 1 unspecified atom stereocenters. The van der Waals surface area contributed by atoms with E-state index >= 15 is 0 Å². The SMILES string of the molecule is CN=C(NCCC1=CCOCC1)N1CCCC(CC(N)=O)C1.I. The van der Waals surface area contributed by atoms with Crippen LogP contribution in [0, 0.1) is 5.92 Å². The van der Waals surface area contributed by atoms with Crippen LogP contribution in [0.4, 0.5) is 0 Å². The number of hydrogen-bond acceptors (Lipinski definition) is 3. The van der Waals surface area contributed by atoms with E-state index in [-0.39, 0.29) is 29.9 Å². The Kier molecular flexibility index (Phi) is 9.54. The minimum atomic E-state index is -0.207. The molecule has 7 heteroatoms. The molecular formula is C16H29IN4O2. The first-order chi connectivity index (χ1) is 10.7. The number of nitrogens with zero attached hydrogens (tertiary/aromatic N) is 2. The molecule has 3 N–H and O–H groups in total. The zero-order chi connectivity index (χ0) is 15.8. The second-order valence-corrected chi connectivity index (χ2v) is 6.04. The highest BCUT2D eigenvalue weighted by Crippen LogP contribution is 2.19. The largest absolute Gasteiger partial charge is 0.377 e. The monoisotopic (exact) mass is 436 g/mol. The predicted molar refractivity (Wildman–Crippen MR) is 103 cm³/mol. The number of nitrogens with two attached hydrogens (primary N) is 1. The summed E-state index contributed by atoms with van der Waals surface area (Å²) in [5, 5.41) is 3.44. The van der Waals surface area contributed by atoms with E-state index in [0.717, 1.165) is 64.5 Å². The number of hydrogen-bond donors (Lipinski definition) is 2. The fourth-order valence-corrected chi connectivity index (χ4v) is 3.17. The van der Waals surface area contributed by atoms with Gasteiger partial charge in [-0.25, -0.2) is 0 Å². The minimum Gasteiger partial charge on any atom is -0.377 e. The summed E-state index contributed by atoms with van der Waals surface area (Å²) in [7, 11) is 1.81. The average molecular weight is 436 g/mol. The van der Waals surface area contributed by atoms with Crippen LogP contribution in [0.2, 0.25) is 0 Å². The summed E-state index contributed by atoms with van der Waals surface area (Å²) in [5.74, 6) is 1.08. The fourth-order valence-electron chi connectivity index (χ4n) is 3.17. The van der Waals surface area contributed by atoms with E-state index in [1.807, 2.05) is 7.05 Å². The molecule has 0 saturated carbocycles. The number of halogens is 1. The van der Waals surface area contributed by atoms with Gasteiger partial charge in [0.15, 0.2) is 5.96 Å². The van der Waals surface area contributed by atoms with Crippen molar-refractivity contribution in [2.75, 3.05) is 39.9 Å². The van der Waals surface area contributed by atoms with E-state index in [1.54, 1.807) is 0 Å². The molecule has 23 heavy (non-hydrogen) atoms. The van der Waals surface area contributed by atoms with Crippen LogP contribution in [0.5, 0.6) is 0 Å². The zero-order valence-electron chi connectivity index (χ0n) is 13.9. The van der Waals surface area contributed by atoms with Gasteiger partial charge in [-0.1, -0.05) is 11.6 Å². The van der Waals surface area contributed by atoms with Gasteiger partial charge >= 0.3 is 0 Å². The van der Waals surface area contributed by atoms with Crippen molar-refractivity contribution in [1.82, 2.24) is 10.2 Å². The Morgan fingerprint density at radius 1 is 1.57 bits per heavy atom. The molecule has 1 atom stereocenters. The number of carbonyl (C=O) groups excluding carboxylic acids is 1. The summed E-state index contributed by atoms with van der Waals surface area (Å²) in [6, 6.07) is 0. The normalized spacial score (nSPS) is 22.1. The quantitative estimate of drug-likeness (QED) is 0.296. The Bertz CT molecular complexity index is 440. The van der Waals surface area contributed by atoms with Crippen molar-refractivity contribution in [2.45, 2.75) is 32.1 Å². The summed E-state index contributed by atoms with van der Waals surface area (Å²) < 4.78 is 5.32. The van der Waals surface area contributed by atoms with Gasteiger partial charge in [-0.15, -0.1) is 24.0 Å². The standard InChI is InChI=1S/C16H28N4O2.HI/c1-18-16(19-7-4-13-5-9-22-10-6-13)20-8-2-3-14(12-20)11-15(17)21;/h5,14H,2-4,6-12H2,1H3,(H2,17,21)(H,18,19);1H. The van der Waals surface area contributed by atoms with E-state index in [9.17, 15) is 4.79 Å². The van der Waals surface area contributed by atoms with Gasteiger partial charge in [-0.3, -0.25) is 9.79 Å². The number of amides is 1. The van der Waals surface area contributed by atoms with Gasteiger partial charge in [0.1, 0.15) is 0 Å². The van der Waals surface area contributed by atoms with Crippen LogP contribution < -0.4 is 11.1 Å². The third-order valence-electron chi connectivity index (χ3n) is 4.31. The van der Waals surface area contributed by atoms with Crippen molar-refractivity contribution in [1.29, 1.82) is 0 Å². The third-order valence-corrected chi connectivity index (χ3v) is 4.31. The molecule has 0 spiro atoms. The molecular weight excluding hydrogens is 407 g/mol. The van der Waals surface area contributed by atoms with Crippen LogP contribution in [0.3, 0.4) is 0 Å². The summed E-state index contributed by atoms with van der Waals surface area (Å²) in [6.45, 7) is 4.31. The molecule has 2 rings (SSSR count). The number of carbonyl (C=O) groups is 1. The predicted octanol–water partition coefficient (Wildman–Crippen LogP) is 1.50. The van der Waals surface area contributed by atoms with Gasteiger partial charge in [-0.2, -0.15) is 0 Å². The molecule has 0 aromatic heterocycles. The Morgan fingerprint density at radius 3 is 3.04 bits per heavy atom. The second kappa shape index (κ2) is 10.9. The van der Waals surface area contributed by atoms with E-state index in [0.29, 0.717) is 12.3 Å². The topological polar surface area (TPSA) is 80.0 Å². The number of nitrogens with one attached hydrogen (secondary N) is 1. The first kappa shape index (κ1) is 20.2. The van der Waals surface area contributed by atoms with Gasteiger partial charge in [0.2, 0.25) is 5.91 Å². The van der Waals surface area contributed by atoms with Crippen LogP contribution in [0.25, 0.3) is 0 Å². The average Bonchev–Trinajstić information content (AvgIpc) is 2.52. The molecule has 2 heterocycles. The van der Waals surface area contributed by atoms with Crippen molar-refractivity contribution < 1.29 is 9.53 Å². The lowest BCUT2D eigenvalue weighted by molar-refractivity contribution is -0.119. The van der Waals surface area contributed by atoms with Crippen LogP contribution in [-0.4, -0.2) is 56.7 Å². The first-order valence-corrected chi connectivity index (χ1v) is 8.18. The minimum absolute atomic E-state index is 0. The van der Waals surface area contributed by atoms with Crippen LogP contribution in [0.15, 0.2) is 16.6 Å². The maximum atomic E-state index is 11.1. The van der Waals surface area contributed by atoms with Crippen molar-refractivity contribution in [3.63, 3.8) is 0 Å². The lowest BCUT2D eigenvalue weighted by atomic mass is 9.95. The van der Waals surface area contributed by atoms with E-state index in [1.165, 1.54) is 5.57 Å². The van der Waals surface area contributed by atoms with Crippen molar-refractivity contribution in [3.05, 3.63) is 11.6 Å². The van der Waals surface area contributed by atoms with Gasteiger partial charge in [0, 0.05) is 33.1 Å². The number of primary amides is 1. The molecule has 1 fully saturated rings. The number of piperidine rings is 1. The highest BCUT2D eigenvalue weighted by molar-refractivity contribution is 14.0. The molecule has 0 aromatic carbocycles. The lowest BCUT2D eigenvalue weighted by Crippen LogP contribution is -2.47. The molecule has 1 saturated heterocycles. The maximum Gasteiger partial charge on any atom is 0.217 e. The van der Waals surface area contributed by atoms with E-state index in [2.05, 4.69) is 21.3 Å². The molecule has 132 valence electrons. The highest BCUT2D eigenvalue weighted by Gasteiger charge is 2.23. The van der Waals surface area contributed by atoms with Gasteiger partial charge < -0.3 is 20.7 Å². The number of rotatable bonds is 5. The molecule has 2 aliphatic rings. The number of likely N-dealkylation sites (tertiary alicyclic amines) is 1. The molecule has 0 bridgehead atoms. The van der Waals surface area contributed by atoms with E-state index in [4.69, 9.17) is 10.5 Å². The smallest absolute Gasteiger partial charge is 0.217 e. The second-order valence-electron chi connectivity index (χ2n) is 6.04. The van der Waals surface area contributed by atoms with Crippen LogP contribution >= 0.6 is 24.0 Å². The molecule has 1 amide bonds. The van der Waals surface area contributed by atoms with Crippen molar-refractivity contribution in [2.24, 2.45) is 16.6 Å². The lowest BCUT2D eigenvalue weighted by Gasteiger charge is -2.34. The van der Waals surface area contributed by atoms with Gasteiger partial charge in [-0.05, 0) is 31.6 Å². The van der Waals surface area contributed by atoms with Gasteiger partial charge in [0.25, 0.3) is 0 Å². The van der Waals surface area contributed by atoms with Crippen LogP contribution in [-0.2, 0) is 9.53 Å². The Morgan fingerprint density at radius 2 is 2.39 bits per heavy atom. The number of guanidine groups is 1. The summed E-state index contributed by atoms with van der Waals surface area (Å²) in [4.78, 5) is 17.7. The molecule has 6 nitrogen and oxygen atoms in total. The van der Waals surface area contributed by atoms with E-state index < -0.39 is 0 Å². The highest BCUT2D eigenvalue weighted by atomic mass is 127. The summed E-state index contributed by atoms with van der Waals surface area (Å²) >= 11 is 0. The zero-order valence-corrected chi connectivity index (χ0v) is 16.3. The van der Waals surface area contributed by atoms with Gasteiger partial charge in [0.05, 0.1) is 13.2 Å². The van der Waals surface area contributed by atoms with Crippen LogP contribution in [0.1, 0.15) is 32.1 Å². The third kappa shape index (κ3) is 7.07. The van der Waals surface area contributed by atoms with Crippen molar-refractivity contribution in [3.8, 4) is 0 Å². The summed E-state index contributed by atoms with van der Waals surface area (Å²) in [5.41, 5.74) is 6.78. The number of ether oxygens (including phenoxy) is 1. The molecule has 0 aromatic rings. The summed E-state index contributed by atoms with van der Waals surface area (Å²) in [6.07, 6.45) is 6.87. The number of aliphatic imine (C=N–C) groups is 1. The molecule has 0 aliphatic carbocycles. The Labute approximate surface area is 155 Å². The first-order valence-electron chi connectivity index (χ1n) is 8.18. The molecule has 0 radical (unpaired) electrons. The fraction of sp³-hybridized carbons (Fsp3) is 0.750. The van der Waals surface area contributed by atoms with Crippen molar-refractivity contribution >= 4 is 35.8 Å². The maximum absolute atomic E-state index is 11.1. The Balaban J connectivity index is 0.00000264.